The fraction of sp³-hybridized carbons (Fsp3) is 0.200. The molecule has 0 radical (unpaired) electrons. The second-order valence-corrected chi connectivity index (χ2v) is 10.9. The van der Waals surface area contributed by atoms with Crippen LogP contribution in [0.5, 0.6) is 23.0 Å². The van der Waals surface area contributed by atoms with E-state index in [1.807, 2.05) is 43.3 Å². The third-order valence-corrected chi connectivity index (χ3v) is 8.66. The van der Waals surface area contributed by atoms with Crippen molar-refractivity contribution in [2.24, 2.45) is 0 Å². The molecule has 2 atom stereocenters. The van der Waals surface area contributed by atoms with Crippen molar-refractivity contribution in [1.29, 1.82) is 0 Å². The molecule has 196 valence electrons. The zero-order valence-electron chi connectivity index (χ0n) is 21.4. The number of sulfonamides is 1. The highest BCUT2D eigenvalue weighted by Gasteiger charge is 2.45. The third-order valence-electron chi connectivity index (χ3n) is 6.85. The fourth-order valence-corrected chi connectivity index (χ4v) is 6.70. The molecule has 0 unspecified atom stereocenters. The number of hydrogen-bond donors (Lipinski definition) is 1. The highest BCUT2D eigenvalue weighted by Crippen LogP contribution is 2.54. The topological polar surface area (TPSA) is 85.3 Å². The number of fused-ring (bicyclic) bond motifs is 1. The molecule has 1 heterocycles. The third kappa shape index (κ3) is 4.52. The lowest BCUT2D eigenvalue weighted by atomic mass is 9.92. The molecule has 0 saturated carbocycles. The van der Waals surface area contributed by atoms with Gasteiger partial charge in [-0.05, 0) is 47.0 Å². The van der Waals surface area contributed by atoms with E-state index in [0.29, 0.717) is 22.7 Å². The highest BCUT2D eigenvalue weighted by molar-refractivity contribution is 7.92. The van der Waals surface area contributed by atoms with Gasteiger partial charge in [-0.2, -0.15) is 0 Å². The quantitative estimate of drug-likeness (QED) is 0.298. The Labute approximate surface area is 222 Å². The molecule has 4 aromatic carbocycles. The summed E-state index contributed by atoms with van der Waals surface area (Å²) in [6.07, 6.45) is 0. The molecule has 38 heavy (non-hydrogen) atoms. The van der Waals surface area contributed by atoms with Gasteiger partial charge in [0.1, 0.15) is 6.61 Å². The van der Waals surface area contributed by atoms with Crippen LogP contribution in [0.25, 0.3) is 0 Å². The summed E-state index contributed by atoms with van der Waals surface area (Å²) in [5, 5.41) is 10.9. The fourth-order valence-electron chi connectivity index (χ4n) is 4.95. The molecule has 0 aromatic heterocycles. The van der Waals surface area contributed by atoms with Crippen LogP contribution in [-0.4, -0.2) is 27.7 Å². The first-order valence-corrected chi connectivity index (χ1v) is 13.6. The van der Waals surface area contributed by atoms with E-state index >= 15 is 0 Å². The Hall–Kier alpha value is -4.17. The maximum Gasteiger partial charge on any atom is 0.264 e. The summed E-state index contributed by atoms with van der Waals surface area (Å²) in [7, 11) is -0.894. The molecular weight excluding hydrogens is 502 g/mol. The molecule has 0 amide bonds. The minimum Gasteiger partial charge on any atom is -0.504 e. The molecule has 0 fully saturated rings. The largest absolute Gasteiger partial charge is 0.504 e. The van der Waals surface area contributed by atoms with Gasteiger partial charge >= 0.3 is 0 Å². The highest BCUT2D eigenvalue weighted by atomic mass is 32.2. The first kappa shape index (κ1) is 25.5. The summed E-state index contributed by atoms with van der Waals surface area (Å²) in [5.74, 6) is 0.930. The van der Waals surface area contributed by atoms with Gasteiger partial charge in [0.15, 0.2) is 23.0 Å². The van der Waals surface area contributed by atoms with Crippen molar-refractivity contribution in [2.45, 2.75) is 30.4 Å². The maximum atomic E-state index is 14.1. The van der Waals surface area contributed by atoms with E-state index in [4.69, 9.17) is 14.2 Å². The van der Waals surface area contributed by atoms with E-state index < -0.39 is 16.1 Å². The zero-order valence-corrected chi connectivity index (χ0v) is 22.2. The van der Waals surface area contributed by atoms with Crippen molar-refractivity contribution in [2.75, 3.05) is 18.5 Å². The second kappa shape index (κ2) is 10.3. The van der Waals surface area contributed by atoms with E-state index in [2.05, 4.69) is 0 Å². The summed E-state index contributed by atoms with van der Waals surface area (Å²) in [6, 6.07) is 25.9. The summed E-state index contributed by atoms with van der Waals surface area (Å²) < 4.78 is 46.6. The lowest BCUT2D eigenvalue weighted by Gasteiger charge is -2.29. The first-order chi connectivity index (χ1) is 18.3. The average Bonchev–Trinajstić information content (AvgIpc) is 3.24. The van der Waals surface area contributed by atoms with E-state index in [1.165, 1.54) is 4.31 Å². The smallest absolute Gasteiger partial charge is 0.264 e. The minimum atomic E-state index is -3.99. The van der Waals surface area contributed by atoms with Crippen LogP contribution in [0.2, 0.25) is 0 Å². The van der Waals surface area contributed by atoms with Crippen LogP contribution in [0.3, 0.4) is 0 Å². The lowest BCUT2D eigenvalue weighted by Crippen LogP contribution is -2.33. The molecule has 5 rings (SSSR count). The van der Waals surface area contributed by atoms with Gasteiger partial charge in [0.05, 0.1) is 30.8 Å². The normalized spacial score (nSPS) is 16.7. The van der Waals surface area contributed by atoms with Crippen LogP contribution in [0.15, 0.2) is 95.9 Å². The number of phenolic OH excluding ortho intramolecular Hbond substituents is 1. The Bertz CT molecular complexity index is 1540. The molecule has 0 bridgehead atoms. The predicted octanol–water partition coefficient (Wildman–Crippen LogP) is 6.04. The molecule has 0 saturated heterocycles. The van der Waals surface area contributed by atoms with Crippen molar-refractivity contribution < 1.29 is 27.7 Å². The number of phenols is 1. The number of anilines is 1. The van der Waals surface area contributed by atoms with Crippen LogP contribution < -0.4 is 18.5 Å². The number of ether oxygens (including phenoxy) is 3. The van der Waals surface area contributed by atoms with Gasteiger partial charge in [0, 0.05) is 12.0 Å². The van der Waals surface area contributed by atoms with E-state index in [0.717, 1.165) is 11.1 Å². The molecule has 4 aromatic rings. The van der Waals surface area contributed by atoms with Gasteiger partial charge in [-0.15, -0.1) is 0 Å². The number of methoxy groups -OCH3 is 2. The van der Waals surface area contributed by atoms with Crippen LogP contribution in [0.1, 0.15) is 35.6 Å². The monoisotopic (exact) mass is 531 g/mol. The summed E-state index contributed by atoms with van der Waals surface area (Å²) in [4.78, 5) is 0.172. The van der Waals surface area contributed by atoms with E-state index in [-0.39, 0.29) is 28.9 Å². The summed E-state index contributed by atoms with van der Waals surface area (Å²) in [5.41, 5.74) is 2.82. The van der Waals surface area contributed by atoms with Crippen molar-refractivity contribution in [3.63, 3.8) is 0 Å². The van der Waals surface area contributed by atoms with Gasteiger partial charge in [-0.1, -0.05) is 61.5 Å². The number of aromatic hydroxyl groups is 1. The predicted molar refractivity (Wildman–Crippen MR) is 146 cm³/mol. The molecule has 1 aliphatic rings. The average molecular weight is 532 g/mol. The number of rotatable bonds is 8. The van der Waals surface area contributed by atoms with Crippen LogP contribution in [-0.2, 0) is 16.6 Å². The standard InChI is InChI=1S/C30H29NO6S/c1-20-24-17-26(32)28(37-19-21-10-6-4-7-11-21)18-25(24)31(38(33,34)23-12-8-5-9-13-23)30(20)22-14-15-27(35-2)29(16-22)36-3/h4-18,20,30,32H,19H2,1-3H3/t20-,30-/m0/s1. The first-order valence-electron chi connectivity index (χ1n) is 12.2. The van der Waals surface area contributed by atoms with E-state index in [1.54, 1.807) is 68.8 Å². The van der Waals surface area contributed by atoms with Crippen molar-refractivity contribution in [3.05, 3.63) is 108 Å². The SMILES string of the molecule is COc1ccc([C@@H]2[C@@H](C)c3cc(O)c(OCc4ccccc4)cc3N2S(=O)(=O)c2ccccc2)cc1OC. The molecule has 1 N–H and O–H groups in total. The van der Waals surface area contributed by atoms with Crippen LogP contribution in [0.4, 0.5) is 5.69 Å². The van der Waals surface area contributed by atoms with Gasteiger partial charge in [0.25, 0.3) is 10.0 Å². The Morgan fingerprint density at radius 2 is 1.47 bits per heavy atom. The number of benzene rings is 4. The lowest BCUT2D eigenvalue weighted by molar-refractivity contribution is 0.289. The number of hydrogen-bond acceptors (Lipinski definition) is 6. The maximum absolute atomic E-state index is 14.1. The van der Waals surface area contributed by atoms with Crippen LogP contribution >= 0.6 is 0 Å². The Kier molecular flexibility index (Phi) is 6.91. The zero-order chi connectivity index (χ0) is 26.9. The van der Waals surface area contributed by atoms with Crippen molar-refractivity contribution >= 4 is 15.7 Å². The van der Waals surface area contributed by atoms with Crippen LogP contribution in [0, 0.1) is 0 Å². The summed E-state index contributed by atoms with van der Waals surface area (Å²) in [6.45, 7) is 2.18. The molecule has 1 aliphatic heterocycles. The van der Waals surface area contributed by atoms with Gasteiger partial charge < -0.3 is 19.3 Å². The summed E-state index contributed by atoms with van der Waals surface area (Å²) >= 11 is 0. The molecular formula is C30H29NO6S. The number of nitrogens with zero attached hydrogens (tertiary/aromatic N) is 1. The second-order valence-electron chi connectivity index (χ2n) is 9.11. The van der Waals surface area contributed by atoms with Crippen molar-refractivity contribution in [1.82, 2.24) is 0 Å². The molecule has 8 heteroatoms. The van der Waals surface area contributed by atoms with Gasteiger partial charge in [-0.25, -0.2) is 8.42 Å². The Morgan fingerprint density at radius 1 is 0.816 bits per heavy atom. The van der Waals surface area contributed by atoms with Gasteiger partial charge in [-0.3, -0.25) is 4.31 Å². The molecule has 0 spiro atoms. The Morgan fingerprint density at radius 3 is 2.13 bits per heavy atom. The molecule has 0 aliphatic carbocycles. The van der Waals surface area contributed by atoms with E-state index in [9.17, 15) is 13.5 Å². The Balaban J connectivity index is 1.64. The molecule has 7 nitrogen and oxygen atoms in total. The van der Waals surface area contributed by atoms with Crippen molar-refractivity contribution in [3.8, 4) is 23.0 Å². The van der Waals surface area contributed by atoms with Gasteiger partial charge in [0.2, 0.25) is 0 Å². The minimum absolute atomic E-state index is 0.0449.